The lowest BCUT2D eigenvalue weighted by Gasteiger charge is -2.11. The molecule has 136 valence electrons. The van der Waals surface area contributed by atoms with E-state index in [9.17, 15) is 18.0 Å². The number of ether oxygens (including phenoxy) is 2. The van der Waals surface area contributed by atoms with Gasteiger partial charge in [-0.25, -0.2) is 0 Å². The Labute approximate surface area is 149 Å². The highest BCUT2D eigenvalue weighted by molar-refractivity contribution is 6.09. The summed E-state index contributed by atoms with van der Waals surface area (Å²) >= 11 is 0. The van der Waals surface area contributed by atoms with Crippen LogP contribution in [0.5, 0.6) is 11.5 Å². The van der Waals surface area contributed by atoms with Crippen LogP contribution < -0.4 is 14.9 Å². The van der Waals surface area contributed by atoms with Crippen LogP contribution in [-0.4, -0.2) is 6.79 Å². The van der Waals surface area contributed by atoms with E-state index in [2.05, 4.69) is 0 Å². The highest BCUT2D eigenvalue weighted by Crippen LogP contribution is 2.39. The number of halogens is 3. The van der Waals surface area contributed by atoms with E-state index in [1.165, 1.54) is 6.92 Å². The molecular weight excluding hydrogens is 361 g/mol. The summed E-state index contributed by atoms with van der Waals surface area (Å²) in [5.74, 6) is 1.09. The Kier molecular flexibility index (Phi) is 3.05. The molecule has 1 aliphatic heterocycles. The van der Waals surface area contributed by atoms with Crippen LogP contribution in [0.3, 0.4) is 0 Å². The van der Waals surface area contributed by atoms with Gasteiger partial charge in [-0.05, 0) is 48.2 Å². The Morgan fingerprint density at radius 2 is 1.67 bits per heavy atom. The molecule has 0 N–H and O–H groups in total. The van der Waals surface area contributed by atoms with Crippen molar-refractivity contribution in [2.45, 2.75) is 13.1 Å². The summed E-state index contributed by atoms with van der Waals surface area (Å²) in [5.41, 5.74) is -0.869. The maximum Gasteiger partial charge on any atom is 0.416 e. The van der Waals surface area contributed by atoms with Gasteiger partial charge in [0.15, 0.2) is 11.5 Å². The van der Waals surface area contributed by atoms with E-state index < -0.39 is 11.7 Å². The first-order valence-corrected chi connectivity index (χ1v) is 8.14. The van der Waals surface area contributed by atoms with Crippen LogP contribution in [0, 0.1) is 6.92 Å². The first-order chi connectivity index (χ1) is 12.8. The van der Waals surface area contributed by atoms with Gasteiger partial charge in [-0.1, -0.05) is 6.07 Å². The van der Waals surface area contributed by atoms with Crippen LogP contribution in [0.2, 0.25) is 0 Å². The third-order valence-electron chi connectivity index (χ3n) is 4.78. The second-order valence-corrected chi connectivity index (χ2v) is 6.46. The maximum atomic E-state index is 13.2. The monoisotopic (exact) mass is 372 g/mol. The summed E-state index contributed by atoms with van der Waals surface area (Å²) in [5, 5.41) is 1.80. The Morgan fingerprint density at radius 1 is 0.926 bits per heavy atom. The summed E-state index contributed by atoms with van der Waals surface area (Å²) in [6, 6.07) is 8.60. The minimum Gasteiger partial charge on any atom is -0.456 e. The fourth-order valence-electron chi connectivity index (χ4n) is 3.55. The van der Waals surface area contributed by atoms with Crippen molar-refractivity contribution in [3.63, 3.8) is 0 Å². The van der Waals surface area contributed by atoms with Gasteiger partial charge in [0.1, 0.15) is 11.2 Å². The number of hydrogen-bond acceptors (Lipinski definition) is 4. The van der Waals surface area contributed by atoms with Gasteiger partial charge < -0.3 is 13.9 Å². The number of aryl methyl sites for hydroxylation is 1. The van der Waals surface area contributed by atoms with E-state index in [0.717, 1.165) is 17.5 Å². The predicted molar refractivity (Wildman–Crippen MR) is 93.4 cm³/mol. The van der Waals surface area contributed by atoms with E-state index in [0.29, 0.717) is 22.3 Å². The molecule has 0 saturated carbocycles. The zero-order chi connectivity index (χ0) is 18.9. The van der Waals surface area contributed by atoms with Crippen LogP contribution in [0.15, 0.2) is 45.6 Å². The second-order valence-electron chi connectivity index (χ2n) is 6.46. The normalized spacial score (nSPS) is 13.8. The smallest absolute Gasteiger partial charge is 0.416 e. The minimum atomic E-state index is -4.52. The quantitative estimate of drug-likeness (QED) is 0.316. The summed E-state index contributed by atoms with van der Waals surface area (Å²) in [7, 11) is 0. The van der Waals surface area contributed by atoms with Gasteiger partial charge in [-0.2, -0.15) is 13.2 Å². The van der Waals surface area contributed by atoms with Crippen LogP contribution >= 0.6 is 0 Å². The van der Waals surface area contributed by atoms with Crippen molar-refractivity contribution in [3.8, 4) is 11.5 Å². The summed E-state index contributed by atoms with van der Waals surface area (Å²) in [6.07, 6.45) is -4.52. The maximum absolute atomic E-state index is 13.2. The molecule has 4 aromatic rings. The molecule has 3 aromatic carbocycles. The molecule has 27 heavy (non-hydrogen) atoms. The Morgan fingerprint density at radius 3 is 2.41 bits per heavy atom. The molecule has 0 spiro atoms. The third kappa shape index (κ3) is 2.27. The average Bonchev–Trinajstić information content (AvgIpc) is 3.05. The molecule has 0 unspecified atom stereocenters. The molecule has 0 aliphatic carbocycles. The largest absolute Gasteiger partial charge is 0.456 e. The molecule has 0 saturated heterocycles. The Bertz CT molecular complexity index is 1320. The minimum absolute atomic E-state index is 0.0834. The highest BCUT2D eigenvalue weighted by atomic mass is 19.4. The van der Waals surface area contributed by atoms with Crippen molar-refractivity contribution < 1.29 is 27.1 Å². The molecule has 7 heteroatoms. The highest BCUT2D eigenvalue weighted by Gasteiger charge is 2.32. The zero-order valence-electron chi connectivity index (χ0n) is 13.9. The molecule has 2 heterocycles. The fourth-order valence-corrected chi connectivity index (χ4v) is 3.55. The Balaban J connectivity index is 1.93. The van der Waals surface area contributed by atoms with Crippen molar-refractivity contribution in [2.24, 2.45) is 0 Å². The standard InChI is InChI=1S/C20H11F3O4/c1-9-4-11(20(21,22)23)6-16-17(9)19(24)18-12-7-15-14(25-8-26-15)5-10(12)2-3-13(18)27-16/h2-7H,8H2,1H3. The SMILES string of the molecule is Cc1cc(C(F)(F)F)cc2oc3ccc4cc5c(cc4c3c(=O)c12)OCO5. The molecule has 1 aliphatic rings. The first-order valence-electron chi connectivity index (χ1n) is 8.14. The van der Waals surface area contributed by atoms with Gasteiger partial charge in [0.05, 0.1) is 16.3 Å². The van der Waals surface area contributed by atoms with Crippen molar-refractivity contribution >= 4 is 32.7 Å². The number of rotatable bonds is 0. The molecule has 1 aromatic heterocycles. The molecule has 5 rings (SSSR count). The molecule has 0 bridgehead atoms. The molecular formula is C20H11F3O4. The van der Waals surface area contributed by atoms with Gasteiger partial charge in [0.25, 0.3) is 0 Å². The fraction of sp³-hybridized carbons (Fsp3) is 0.150. The van der Waals surface area contributed by atoms with Crippen molar-refractivity contribution in [1.82, 2.24) is 0 Å². The molecule has 0 amide bonds. The van der Waals surface area contributed by atoms with Gasteiger partial charge in [-0.15, -0.1) is 0 Å². The van der Waals surface area contributed by atoms with Crippen molar-refractivity contribution in [2.75, 3.05) is 6.79 Å². The Hall–Kier alpha value is -3.22. The predicted octanol–water partition coefficient (Wildman–Crippen LogP) is 5.16. The van der Waals surface area contributed by atoms with Crippen LogP contribution in [0.25, 0.3) is 32.7 Å². The van der Waals surface area contributed by atoms with Crippen molar-refractivity contribution in [3.05, 3.63) is 57.7 Å². The van der Waals surface area contributed by atoms with E-state index >= 15 is 0 Å². The van der Waals surface area contributed by atoms with Gasteiger partial charge in [0, 0.05) is 5.39 Å². The van der Waals surface area contributed by atoms with Gasteiger partial charge in [0.2, 0.25) is 12.2 Å². The number of hydrogen-bond donors (Lipinski definition) is 0. The lowest BCUT2D eigenvalue weighted by atomic mass is 10.00. The number of benzene rings is 3. The molecule has 0 fully saturated rings. The van der Waals surface area contributed by atoms with E-state index in [-0.39, 0.29) is 34.3 Å². The number of fused-ring (bicyclic) bond motifs is 5. The second kappa shape index (κ2) is 5.16. The van der Waals surface area contributed by atoms with Crippen molar-refractivity contribution in [1.29, 1.82) is 0 Å². The molecule has 0 radical (unpaired) electrons. The number of alkyl halides is 3. The average molecular weight is 372 g/mol. The topological polar surface area (TPSA) is 48.7 Å². The third-order valence-corrected chi connectivity index (χ3v) is 4.78. The van der Waals surface area contributed by atoms with Gasteiger partial charge >= 0.3 is 6.18 Å². The summed E-state index contributed by atoms with van der Waals surface area (Å²) in [4.78, 5) is 13.2. The zero-order valence-corrected chi connectivity index (χ0v) is 13.9. The summed E-state index contributed by atoms with van der Waals surface area (Å²) in [6.45, 7) is 1.57. The van der Waals surface area contributed by atoms with E-state index in [1.807, 2.05) is 0 Å². The lowest BCUT2D eigenvalue weighted by Crippen LogP contribution is -2.09. The van der Waals surface area contributed by atoms with Crippen LogP contribution in [-0.2, 0) is 6.18 Å². The van der Waals surface area contributed by atoms with E-state index in [4.69, 9.17) is 13.9 Å². The van der Waals surface area contributed by atoms with E-state index in [1.54, 1.807) is 24.3 Å². The lowest BCUT2D eigenvalue weighted by molar-refractivity contribution is -0.137. The van der Waals surface area contributed by atoms with Crippen LogP contribution in [0.4, 0.5) is 13.2 Å². The molecule has 0 atom stereocenters. The summed E-state index contributed by atoms with van der Waals surface area (Å²) < 4.78 is 55.7. The van der Waals surface area contributed by atoms with Gasteiger partial charge in [-0.3, -0.25) is 4.79 Å². The molecule has 4 nitrogen and oxygen atoms in total. The first kappa shape index (κ1) is 16.0. The van der Waals surface area contributed by atoms with Crippen LogP contribution in [0.1, 0.15) is 11.1 Å².